The molecule has 0 aliphatic carbocycles. The van der Waals surface area contributed by atoms with Gasteiger partial charge in [-0.05, 0) is 35.8 Å². The highest BCUT2D eigenvalue weighted by Crippen LogP contribution is 2.37. The SMILES string of the molecule is CC(C)(C)[Si](C)(C)OCc1ccc(OCC(N)=O)cc1. The van der Waals surface area contributed by atoms with Crippen LogP contribution in [-0.2, 0) is 15.8 Å². The Hall–Kier alpha value is -1.33. The van der Waals surface area contributed by atoms with E-state index < -0.39 is 14.2 Å². The summed E-state index contributed by atoms with van der Waals surface area (Å²) >= 11 is 0. The molecule has 1 aromatic rings. The summed E-state index contributed by atoms with van der Waals surface area (Å²) in [4.78, 5) is 10.6. The summed E-state index contributed by atoms with van der Waals surface area (Å²) in [5.74, 6) is 0.162. The van der Waals surface area contributed by atoms with Crippen molar-refractivity contribution >= 4 is 14.2 Å². The number of ether oxygens (including phenoxy) is 1. The van der Waals surface area contributed by atoms with Crippen LogP contribution < -0.4 is 10.5 Å². The van der Waals surface area contributed by atoms with E-state index >= 15 is 0 Å². The molecule has 0 saturated heterocycles. The van der Waals surface area contributed by atoms with Crippen molar-refractivity contribution in [2.24, 2.45) is 5.73 Å². The molecule has 1 amide bonds. The van der Waals surface area contributed by atoms with Gasteiger partial charge in [-0.1, -0.05) is 32.9 Å². The molecule has 0 fully saturated rings. The van der Waals surface area contributed by atoms with Gasteiger partial charge >= 0.3 is 0 Å². The average molecular weight is 295 g/mol. The van der Waals surface area contributed by atoms with Crippen LogP contribution in [0.4, 0.5) is 0 Å². The Morgan fingerprint density at radius 2 is 1.75 bits per heavy atom. The molecule has 0 atom stereocenters. The summed E-state index contributed by atoms with van der Waals surface area (Å²) in [7, 11) is -1.72. The maximum absolute atomic E-state index is 10.6. The van der Waals surface area contributed by atoms with Crippen molar-refractivity contribution in [1.82, 2.24) is 0 Å². The van der Waals surface area contributed by atoms with Crippen LogP contribution in [0.15, 0.2) is 24.3 Å². The van der Waals surface area contributed by atoms with E-state index in [9.17, 15) is 4.79 Å². The van der Waals surface area contributed by atoms with E-state index in [0.29, 0.717) is 12.4 Å². The van der Waals surface area contributed by atoms with Crippen molar-refractivity contribution < 1.29 is 14.0 Å². The molecule has 0 spiro atoms. The monoisotopic (exact) mass is 295 g/mol. The van der Waals surface area contributed by atoms with Gasteiger partial charge in [-0.3, -0.25) is 4.79 Å². The molecule has 0 saturated carbocycles. The lowest BCUT2D eigenvalue weighted by molar-refractivity contribution is -0.119. The predicted octanol–water partition coefficient (Wildman–Crippen LogP) is 3.07. The fourth-order valence-electron chi connectivity index (χ4n) is 1.32. The molecular formula is C15H25NO3Si. The van der Waals surface area contributed by atoms with E-state index in [1.165, 1.54) is 0 Å². The van der Waals surface area contributed by atoms with Crippen molar-refractivity contribution in [3.8, 4) is 5.75 Å². The zero-order valence-electron chi connectivity index (χ0n) is 13.0. The highest BCUT2D eigenvalue weighted by molar-refractivity contribution is 6.74. The Morgan fingerprint density at radius 3 is 2.20 bits per heavy atom. The first-order valence-electron chi connectivity index (χ1n) is 6.76. The van der Waals surface area contributed by atoms with Crippen molar-refractivity contribution in [3.05, 3.63) is 29.8 Å². The maximum Gasteiger partial charge on any atom is 0.255 e. The number of carbonyl (C=O) groups excluding carboxylic acids is 1. The zero-order chi connectivity index (χ0) is 15.4. The number of nitrogens with two attached hydrogens (primary N) is 1. The van der Waals surface area contributed by atoms with Gasteiger partial charge in [-0.25, -0.2) is 0 Å². The van der Waals surface area contributed by atoms with Gasteiger partial charge in [-0.2, -0.15) is 0 Å². The molecule has 0 heterocycles. The standard InChI is InChI=1S/C15H25NO3Si/c1-15(2,3)20(4,5)19-10-12-6-8-13(9-7-12)18-11-14(16)17/h6-9H,10-11H2,1-5H3,(H2,16,17). The Morgan fingerprint density at radius 1 is 1.20 bits per heavy atom. The Kier molecular flexibility index (Phi) is 5.36. The van der Waals surface area contributed by atoms with E-state index in [4.69, 9.17) is 14.9 Å². The molecule has 0 aliphatic rings. The van der Waals surface area contributed by atoms with E-state index in [1.54, 1.807) is 0 Å². The third-order valence-electron chi connectivity index (χ3n) is 3.71. The van der Waals surface area contributed by atoms with Crippen LogP contribution in [-0.4, -0.2) is 20.8 Å². The van der Waals surface area contributed by atoms with Crippen molar-refractivity contribution in [2.75, 3.05) is 6.61 Å². The van der Waals surface area contributed by atoms with Gasteiger partial charge in [0.15, 0.2) is 14.9 Å². The molecule has 20 heavy (non-hydrogen) atoms. The van der Waals surface area contributed by atoms with Gasteiger partial charge in [0.2, 0.25) is 0 Å². The summed E-state index contributed by atoms with van der Waals surface area (Å²) in [6.07, 6.45) is 0. The number of amides is 1. The van der Waals surface area contributed by atoms with Gasteiger partial charge in [0.05, 0.1) is 6.61 Å². The number of primary amides is 1. The summed E-state index contributed by atoms with van der Waals surface area (Å²) < 4.78 is 11.4. The molecule has 112 valence electrons. The van der Waals surface area contributed by atoms with Gasteiger partial charge in [0, 0.05) is 0 Å². The first-order chi connectivity index (χ1) is 9.12. The molecule has 0 radical (unpaired) electrons. The second-order valence-electron chi connectivity index (χ2n) is 6.45. The fraction of sp³-hybridized carbons (Fsp3) is 0.533. The lowest BCUT2D eigenvalue weighted by Gasteiger charge is -2.36. The summed E-state index contributed by atoms with van der Waals surface area (Å²) in [6.45, 7) is 11.6. The normalized spacial score (nSPS) is 12.2. The molecule has 0 aliphatic heterocycles. The summed E-state index contributed by atoms with van der Waals surface area (Å²) in [6, 6.07) is 7.55. The molecule has 0 aromatic heterocycles. The van der Waals surface area contributed by atoms with Crippen molar-refractivity contribution in [3.63, 3.8) is 0 Å². The maximum atomic E-state index is 10.6. The fourth-order valence-corrected chi connectivity index (χ4v) is 2.28. The number of carbonyl (C=O) groups is 1. The minimum absolute atomic E-state index is 0.0974. The van der Waals surface area contributed by atoms with Gasteiger partial charge < -0.3 is 14.9 Å². The second-order valence-corrected chi connectivity index (χ2v) is 11.3. The molecule has 1 aromatic carbocycles. The highest BCUT2D eigenvalue weighted by atomic mass is 28.4. The van der Waals surface area contributed by atoms with Crippen LogP contribution in [0.1, 0.15) is 26.3 Å². The minimum Gasteiger partial charge on any atom is -0.484 e. The second kappa shape index (κ2) is 6.41. The number of hydrogen-bond donors (Lipinski definition) is 1. The molecule has 0 bridgehead atoms. The van der Waals surface area contributed by atoms with Crippen LogP contribution >= 0.6 is 0 Å². The molecule has 4 nitrogen and oxygen atoms in total. The minimum atomic E-state index is -1.72. The largest absolute Gasteiger partial charge is 0.484 e. The number of hydrogen-bond acceptors (Lipinski definition) is 3. The van der Waals surface area contributed by atoms with Crippen LogP contribution in [0.5, 0.6) is 5.75 Å². The lowest BCUT2D eigenvalue weighted by Crippen LogP contribution is -2.40. The Bertz CT molecular complexity index is 449. The Labute approximate surface area is 122 Å². The molecular weight excluding hydrogens is 270 g/mol. The topological polar surface area (TPSA) is 61.6 Å². The predicted molar refractivity (Wildman–Crippen MR) is 83.1 cm³/mol. The summed E-state index contributed by atoms with van der Waals surface area (Å²) in [5, 5.41) is 0.206. The van der Waals surface area contributed by atoms with E-state index in [0.717, 1.165) is 5.56 Å². The van der Waals surface area contributed by atoms with Crippen molar-refractivity contribution in [2.45, 2.75) is 45.5 Å². The van der Waals surface area contributed by atoms with E-state index in [2.05, 4.69) is 33.9 Å². The van der Waals surface area contributed by atoms with Gasteiger partial charge in [0.1, 0.15) is 5.75 Å². The zero-order valence-corrected chi connectivity index (χ0v) is 14.0. The number of rotatable bonds is 6. The lowest BCUT2D eigenvalue weighted by atomic mass is 10.2. The smallest absolute Gasteiger partial charge is 0.255 e. The van der Waals surface area contributed by atoms with Crippen LogP contribution in [0.25, 0.3) is 0 Å². The van der Waals surface area contributed by atoms with Crippen LogP contribution in [0, 0.1) is 0 Å². The van der Waals surface area contributed by atoms with Gasteiger partial charge in [0.25, 0.3) is 5.91 Å². The van der Waals surface area contributed by atoms with Crippen LogP contribution in [0.3, 0.4) is 0 Å². The first-order valence-corrected chi connectivity index (χ1v) is 9.67. The molecule has 0 unspecified atom stereocenters. The first kappa shape index (κ1) is 16.7. The number of benzene rings is 1. The average Bonchev–Trinajstić information content (AvgIpc) is 2.34. The van der Waals surface area contributed by atoms with Crippen LogP contribution in [0.2, 0.25) is 18.1 Å². The van der Waals surface area contributed by atoms with Gasteiger partial charge in [-0.15, -0.1) is 0 Å². The third-order valence-corrected chi connectivity index (χ3v) is 8.19. The molecule has 2 N–H and O–H groups in total. The quantitative estimate of drug-likeness (QED) is 0.820. The Balaban J connectivity index is 2.56. The van der Waals surface area contributed by atoms with E-state index in [-0.39, 0.29) is 11.6 Å². The highest BCUT2D eigenvalue weighted by Gasteiger charge is 2.36. The molecule has 1 rings (SSSR count). The summed E-state index contributed by atoms with van der Waals surface area (Å²) in [5.41, 5.74) is 6.13. The third kappa shape index (κ3) is 4.98. The van der Waals surface area contributed by atoms with Crippen molar-refractivity contribution in [1.29, 1.82) is 0 Å². The molecule has 5 heteroatoms. The van der Waals surface area contributed by atoms with E-state index in [1.807, 2.05) is 24.3 Å².